The van der Waals surface area contributed by atoms with Crippen LogP contribution in [0, 0.1) is 6.92 Å². The molecule has 3 nitrogen and oxygen atoms in total. The summed E-state index contributed by atoms with van der Waals surface area (Å²) in [7, 11) is 0. The zero-order chi connectivity index (χ0) is 17.4. The predicted molar refractivity (Wildman–Crippen MR) is 112 cm³/mol. The summed E-state index contributed by atoms with van der Waals surface area (Å²) in [5.41, 5.74) is 3.67. The van der Waals surface area contributed by atoms with Crippen molar-refractivity contribution in [2.24, 2.45) is 0 Å². The van der Waals surface area contributed by atoms with Crippen molar-refractivity contribution >= 4 is 55.7 Å². The Morgan fingerprint density at radius 3 is 2.60 bits per heavy atom. The summed E-state index contributed by atoms with van der Waals surface area (Å²) in [4.78, 5) is 11.0. The normalized spacial score (nSPS) is 15.2. The van der Waals surface area contributed by atoms with Gasteiger partial charge in [0.05, 0.1) is 10.2 Å². The Kier molecular flexibility index (Phi) is 4.80. The first-order valence-corrected chi connectivity index (χ1v) is 10.8. The van der Waals surface area contributed by atoms with E-state index in [-0.39, 0.29) is 0 Å². The van der Waals surface area contributed by atoms with Gasteiger partial charge in [-0.05, 0) is 43.0 Å². The maximum absolute atomic E-state index is 6.19. The summed E-state index contributed by atoms with van der Waals surface area (Å²) in [5, 5.41) is 1.94. The van der Waals surface area contributed by atoms with Gasteiger partial charge in [0.15, 0.2) is 5.13 Å². The number of anilines is 2. The number of halogens is 1. The summed E-state index contributed by atoms with van der Waals surface area (Å²) < 4.78 is 1.27. The lowest BCUT2D eigenvalue weighted by Crippen LogP contribution is -2.46. The van der Waals surface area contributed by atoms with Gasteiger partial charge in [-0.1, -0.05) is 35.1 Å². The first-order valence-electron chi connectivity index (χ1n) is 8.35. The average molecular weight is 390 g/mol. The molecule has 0 saturated carbocycles. The first-order chi connectivity index (χ1) is 12.2. The number of aryl methyl sites for hydroxylation is 1. The van der Waals surface area contributed by atoms with Crippen LogP contribution in [0.25, 0.3) is 10.2 Å². The molecule has 2 aromatic carbocycles. The summed E-state index contributed by atoms with van der Waals surface area (Å²) in [6.07, 6.45) is 2.11. The van der Waals surface area contributed by atoms with Crippen LogP contribution in [-0.4, -0.2) is 37.4 Å². The molecule has 4 rings (SSSR count). The molecule has 0 radical (unpaired) electrons. The van der Waals surface area contributed by atoms with Crippen LogP contribution < -0.4 is 9.80 Å². The predicted octanol–water partition coefficient (Wildman–Crippen LogP) is 5.31. The number of thioether (sulfide) groups is 1. The molecule has 1 aromatic heterocycles. The van der Waals surface area contributed by atoms with Gasteiger partial charge in [-0.15, -0.1) is 11.8 Å². The topological polar surface area (TPSA) is 19.4 Å². The van der Waals surface area contributed by atoms with E-state index < -0.39 is 0 Å². The van der Waals surface area contributed by atoms with E-state index in [1.54, 1.807) is 23.1 Å². The fourth-order valence-electron chi connectivity index (χ4n) is 3.27. The number of rotatable bonds is 3. The standard InChI is InChI=1S/C19H20ClN3S2/c1-13-6-7-14(20)12-15(13)22-8-10-23(11-9-22)19-21-18-16(24-2)4-3-5-17(18)25-19/h3-7,12H,8-11H2,1-2H3. The van der Waals surface area contributed by atoms with Gasteiger partial charge < -0.3 is 9.80 Å². The zero-order valence-electron chi connectivity index (χ0n) is 14.3. The van der Waals surface area contributed by atoms with Crippen molar-refractivity contribution in [2.75, 3.05) is 42.2 Å². The van der Waals surface area contributed by atoms with E-state index in [0.29, 0.717) is 0 Å². The van der Waals surface area contributed by atoms with Crippen LogP contribution in [0.15, 0.2) is 41.3 Å². The third kappa shape index (κ3) is 3.33. The van der Waals surface area contributed by atoms with Gasteiger partial charge in [-0.3, -0.25) is 0 Å². The first kappa shape index (κ1) is 17.0. The molecule has 2 heterocycles. The van der Waals surface area contributed by atoms with Crippen LogP contribution in [0.1, 0.15) is 5.56 Å². The van der Waals surface area contributed by atoms with Crippen molar-refractivity contribution < 1.29 is 0 Å². The third-order valence-corrected chi connectivity index (χ3v) is 6.74. The minimum atomic E-state index is 0.804. The molecule has 130 valence electrons. The molecule has 25 heavy (non-hydrogen) atoms. The monoisotopic (exact) mass is 389 g/mol. The van der Waals surface area contributed by atoms with Crippen LogP contribution in [0.2, 0.25) is 5.02 Å². The van der Waals surface area contributed by atoms with Gasteiger partial charge >= 0.3 is 0 Å². The Balaban J connectivity index is 1.53. The molecular formula is C19H20ClN3S2. The minimum Gasteiger partial charge on any atom is -0.368 e. The van der Waals surface area contributed by atoms with Gasteiger partial charge in [0, 0.05) is 41.8 Å². The molecule has 0 bridgehead atoms. The highest BCUT2D eigenvalue weighted by Crippen LogP contribution is 2.35. The lowest BCUT2D eigenvalue weighted by atomic mass is 10.1. The number of aromatic nitrogens is 1. The van der Waals surface area contributed by atoms with E-state index in [2.05, 4.69) is 53.3 Å². The van der Waals surface area contributed by atoms with E-state index >= 15 is 0 Å². The van der Waals surface area contributed by atoms with Gasteiger partial charge in [0.25, 0.3) is 0 Å². The van der Waals surface area contributed by atoms with Crippen molar-refractivity contribution in [1.29, 1.82) is 0 Å². The quantitative estimate of drug-likeness (QED) is 0.565. The molecule has 1 aliphatic heterocycles. The van der Waals surface area contributed by atoms with E-state index in [4.69, 9.17) is 16.6 Å². The number of benzene rings is 2. The Hall–Kier alpha value is -1.43. The van der Waals surface area contributed by atoms with Gasteiger partial charge in [-0.2, -0.15) is 0 Å². The lowest BCUT2D eigenvalue weighted by Gasteiger charge is -2.36. The van der Waals surface area contributed by atoms with Crippen LogP contribution in [0.3, 0.4) is 0 Å². The highest BCUT2D eigenvalue weighted by Gasteiger charge is 2.21. The number of hydrogen-bond donors (Lipinski definition) is 0. The summed E-state index contributed by atoms with van der Waals surface area (Å²) in [5.74, 6) is 0. The summed E-state index contributed by atoms with van der Waals surface area (Å²) >= 11 is 9.75. The lowest BCUT2D eigenvalue weighted by molar-refractivity contribution is 0.651. The number of nitrogens with zero attached hydrogens (tertiary/aromatic N) is 3. The Morgan fingerprint density at radius 1 is 1.08 bits per heavy atom. The van der Waals surface area contributed by atoms with Crippen LogP contribution in [0.5, 0.6) is 0 Å². The Bertz CT molecular complexity index is 901. The molecule has 0 amide bonds. The highest BCUT2D eigenvalue weighted by atomic mass is 35.5. The van der Waals surface area contributed by atoms with E-state index in [1.165, 1.54) is 20.8 Å². The molecular weight excluding hydrogens is 370 g/mol. The fraction of sp³-hybridized carbons (Fsp3) is 0.316. The van der Waals surface area contributed by atoms with E-state index in [1.807, 2.05) is 6.07 Å². The van der Waals surface area contributed by atoms with Crippen LogP contribution >= 0.6 is 34.7 Å². The van der Waals surface area contributed by atoms with Crippen molar-refractivity contribution in [3.05, 3.63) is 47.0 Å². The maximum Gasteiger partial charge on any atom is 0.186 e. The largest absolute Gasteiger partial charge is 0.368 e. The SMILES string of the molecule is CSc1cccc2sc(N3CCN(c4cc(Cl)ccc4C)CC3)nc12. The molecule has 0 aliphatic carbocycles. The summed E-state index contributed by atoms with van der Waals surface area (Å²) in [6, 6.07) is 12.6. The molecule has 1 saturated heterocycles. The molecule has 3 aromatic rings. The number of fused-ring (bicyclic) bond motifs is 1. The molecule has 0 unspecified atom stereocenters. The highest BCUT2D eigenvalue weighted by molar-refractivity contribution is 7.98. The molecule has 6 heteroatoms. The van der Waals surface area contributed by atoms with E-state index in [0.717, 1.165) is 41.8 Å². The number of para-hydroxylation sites is 1. The van der Waals surface area contributed by atoms with Gasteiger partial charge in [-0.25, -0.2) is 4.98 Å². The fourth-order valence-corrected chi connectivity index (χ4v) is 5.11. The Morgan fingerprint density at radius 2 is 1.84 bits per heavy atom. The molecule has 1 aliphatic rings. The second-order valence-corrected chi connectivity index (χ2v) is 8.50. The maximum atomic E-state index is 6.19. The molecule has 1 fully saturated rings. The number of piperazine rings is 1. The van der Waals surface area contributed by atoms with Crippen molar-refractivity contribution in [2.45, 2.75) is 11.8 Å². The number of thiazole rings is 1. The molecule has 0 spiro atoms. The smallest absolute Gasteiger partial charge is 0.186 e. The zero-order valence-corrected chi connectivity index (χ0v) is 16.7. The third-order valence-electron chi connectivity index (χ3n) is 4.65. The minimum absolute atomic E-state index is 0.804. The van der Waals surface area contributed by atoms with Crippen molar-refractivity contribution in [3.63, 3.8) is 0 Å². The molecule has 0 N–H and O–H groups in total. The van der Waals surface area contributed by atoms with Gasteiger partial charge in [0.1, 0.15) is 0 Å². The number of hydrogen-bond acceptors (Lipinski definition) is 5. The summed E-state index contributed by atoms with van der Waals surface area (Å²) in [6.45, 7) is 6.11. The van der Waals surface area contributed by atoms with Crippen molar-refractivity contribution in [3.8, 4) is 0 Å². The second kappa shape index (κ2) is 7.06. The van der Waals surface area contributed by atoms with Gasteiger partial charge in [0.2, 0.25) is 0 Å². The average Bonchev–Trinajstić information content (AvgIpc) is 3.08. The second-order valence-electron chi connectivity index (χ2n) is 6.21. The van der Waals surface area contributed by atoms with E-state index in [9.17, 15) is 0 Å². The molecule has 0 atom stereocenters. The van der Waals surface area contributed by atoms with Crippen LogP contribution in [0.4, 0.5) is 10.8 Å². The van der Waals surface area contributed by atoms with Crippen LogP contribution in [-0.2, 0) is 0 Å². The van der Waals surface area contributed by atoms with Crippen molar-refractivity contribution in [1.82, 2.24) is 4.98 Å². The Labute approximate surface area is 161 Å².